The molecule has 1 rings (SSSR count). The highest BCUT2D eigenvalue weighted by Crippen LogP contribution is 2.28. The van der Waals surface area contributed by atoms with Gasteiger partial charge in [-0.15, -0.1) is 0 Å². The maximum atomic E-state index is 5.90. The molecule has 0 aromatic rings. The van der Waals surface area contributed by atoms with Gasteiger partial charge in [-0.2, -0.15) is 0 Å². The van der Waals surface area contributed by atoms with Gasteiger partial charge in [-0.05, 0) is 13.8 Å². The zero-order chi connectivity index (χ0) is 9.03. The fraction of sp³-hybridized carbons (Fsp3) is 1.00. The second kappa shape index (κ2) is 4.58. The van der Waals surface area contributed by atoms with Gasteiger partial charge in [0.1, 0.15) is 0 Å². The Balaban J connectivity index is 2.48. The number of halogens is 1. The lowest BCUT2D eigenvalue weighted by molar-refractivity contribution is -0.119. The van der Waals surface area contributed by atoms with E-state index in [0.717, 1.165) is 31.4 Å². The van der Waals surface area contributed by atoms with E-state index >= 15 is 0 Å². The third-order valence-corrected chi connectivity index (χ3v) is 3.16. The Morgan fingerprint density at radius 2 is 2.00 bits per heavy atom. The Bertz CT molecular complexity index is 130. The lowest BCUT2D eigenvalue weighted by Gasteiger charge is -2.37. The van der Waals surface area contributed by atoms with Gasteiger partial charge in [-0.3, -0.25) is 0 Å². The molecule has 0 spiro atoms. The Labute approximate surface area is 82.7 Å². The van der Waals surface area contributed by atoms with Crippen LogP contribution in [0.2, 0.25) is 0 Å². The maximum absolute atomic E-state index is 5.90. The lowest BCUT2D eigenvalue weighted by atomic mass is 9.96. The predicted octanol–water partition coefficient (Wildman–Crippen LogP) is 2.36. The van der Waals surface area contributed by atoms with Crippen LogP contribution >= 0.6 is 15.9 Å². The topological polar surface area (TPSA) is 18.5 Å². The van der Waals surface area contributed by atoms with E-state index in [1.807, 2.05) is 0 Å². The summed E-state index contributed by atoms with van der Waals surface area (Å²) in [6, 6.07) is 0. The molecule has 0 aromatic heterocycles. The summed E-state index contributed by atoms with van der Waals surface area (Å²) in [5.74, 6) is 0. The van der Waals surface area contributed by atoms with Crippen LogP contribution in [0.1, 0.15) is 26.7 Å². The summed E-state index contributed by atoms with van der Waals surface area (Å²) in [5, 5.41) is 0.918. The van der Waals surface area contributed by atoms with E-state index in [1.54, 1.807) is 0 Å². The highest BCUT2D eigenvalue weighted by atomic mass is 79.9. The fourth-order valence-electron chi connectivity index (χ4n) is 1.53. The quantitative estimate of drug-likeness (QED) is 0.701. The van der Waals surface area contributed by atoms with Crippen LogP contribution in [-0.4, -0.2) is 30.2 Å². The third-order valence-electron chi connectivity index (χ3n) is 2.13. The largest absolute Gasteiger partial charge is 0.381 e. The van der Waals surface area contributed by atoms with Crippen molar-refractivity contribution in [2.45, 2.75) is 38.4 Å². The fourth-order valence-corrected chi connectivity index (χ4v) is 2.22. The Hall–Kier alpha value is 0.400. The first-order chi connectivity index (χ1) is 5.68. The summed E-state index contributed by atoms with van der Waals surface area (Å²) in [6.07, 6.45) is 2.33. The molecule has 1 fully saturated rings. The number of rotatable bonds is 3. The molecule has 0 saturated carbocycles. The van der Waals surface area contributed by atoms with Crippen molar-refractivity contribution in [3.05, 3.63) is 0 Å². The van der Waals surface area contributed by atoms with Gasteiger partial charge in [0.05, 0.1) is 11.7 Å². The van der Waals surface area contributed by atoms with Crippen molar-refractivity contribution < 1.29 is 9.47 Å². The second-order valence-corrected chi connectivity index (χ2v) is 4.16. The minimum absolute atomic E-state index is 0.0341. The zero-order valence-corrected chi connectivity index (χ0v) is 9.39. The van der Waals surface area contributed by atoms with Crippen LogP contribution in [0.25, 0.3) is 0 Å². The van der Waals surface area contributed by atoms with Crippen LogP contribution in [0.15, 0.2) is 0 Å². The lowest BCUT2D eigenvalue weighted by Crippen LogP contribution is -2.42. The first-order valence-electron chi connectivity index (χ1n) is 4.50. The van der Waals surface area contributed by atoms with Gasteiger partial charge in [0.2, 0.25) is 0 Å². The molecule has 0 atom stereocenters. The summed E-state index contributed by atoms with van der Waals surface area (Å²) in [4.78, 5) is 0. The third kappa shape index (κ3) is 2.71. The summed E-state index contributed by atoms with van der Waals surface area (Å²) in [6.45, 7) is 5.83. The molecular weight excluding hydrogens is 220 g/mol. The average Bonchev–Trinajstić information content (AvgIpc) is 2.05. The normalized spacial score (nSPS) is 23.0. The van der Waals surface area contributed by atoms with Crippen molar-refractivity contribution in [1.29, 1.82) is 0 Å². The van der Waals surface area contributed by atoms with E-state index in [2.05, 4.69) is 29.8 Å². The molecular formula is C9H17BrO2. The summed E-state index contributed by atoms with van der Waals surface area (Å²) in [5.41, 5.74) is 0.0341. The molecule has 3 heteroatoms. The Morgan fingerprint density at radius 3 is 2.42 bits per heavy atom. The minimum Gasteiger partial charge on any atom is -0.381 e. The van der Waals surface area contributed by atoms with Crippen LogP contribution in [0.3, 0.4) is 0 Å². The molecule has 1 aliphatic heterocycles. The van der Waals surface area contributed by atoms with Crippen molar-refractivity contribution in [3.8, 4) is 0 Å². The number of hydrogen-bond donors (Lipinski definition) is 0. The van der Waals surface area contributed by atoms with Crippen molar-refractivity contribution in [2.24, 2.45) is 0 Å². The van der Waals surface area contributed by atoms with Gasteiger partial charge in [-0.25, -0.2) is 0 Å². The van der Waals surface area contributed by atoms with Crippen LogP contribution in [-0.2, 0) is 9.47 Å². The molecule has 0 amide bonds. The average molecular weight is 237 g/mol. The molecule has 0 N–H and O–H groups in total. The van der Waals surface area contributed by atoms with Gasteiger partial charge in [-0.1, -0.05) is 15.9 Å². The van der Waals surface area contributed by atoms with Crippen LogP contribution in [0.5, 0.6) is 0 Å². The molecule has 12 heavy (non-hydrogen) atoms. The number of alkyl halides is 1. The molecule has 1 saturated heterocycles. The predicted molar refractivity (Wildman–Crippen MR) is 52.8 cm³/mol. The van der Waals surface area contributed by atoms with Crippen LogP contribution in [0.4, 0.5) is 0 Å². The second-order valence-electron chi connectivity index (χ2n) is 3.60. The molecule has 0 aliphatic carbocycles. The minimum atomic E-state index is 0.0341. The first-order valence-corrected chi connectivity index (χ1v) is 5.62. The first kappa shape index (κ1) is 10.5. The van der Waals surface area contributed by atoms with E-state index in [0.29, 0.717) is 6.10 Å². The molecule has 1 aliphatic rings. The highest BCUT2D eigenvalue weighted by Gasteiger charge is 2.33. The zero-order valence-electron chi connectivity index (χ0n) is 7.81. The summed E-state index contributed by atoms with van der Waals surface area (Å²) < 4.78 is 11.2. The van der Waals surface area contributed by atoms with Gasteiger partial charge < -0.3 is 9.47 Å². The molecule has 0 radical (unpaired) electrons. The van der Waals surface area contributed by atoms with E-state index in [1.165, 1.54) is 0 Å². The Kier molecular flexibility index (Phi) is 4.00. The highest BCUT2D eigenvalue weighted by molar-refractivity contribution is 9.09. The van der Waals surface area contributed by atoms with Crippen LogP contribution < -0.4 is 0 Å². The molecule has 0 bridgehead atoms. The van der Waals surface area contributed by atoms with Crippen LogP contribution in [0, 0.1) is 0 Å². The number of hydrogen-bond acceptors (Lipinski definition) is 2. The smallest absolute Gasteiger partial charge is 0.0826 e. The van der Waals surface area contributed by atoms with Gasteiger partial charge in [0.25, 0.3) is 0 Å². The standard InChI is InChI=1S/C9H17BrO2/c1-8(2)12-9(7-10)3-5-11-6-4-9/h8H,3-7H2,1-2H3. The van der Waals surface area contributed by atoms with Gasteiger partial charge in [0, 0.05) is 31.4 Å². The molecule has 0 aromatic carbocycles. The van der Waals surface area contributed by atoms with Crippen molar-refractivity contribution in [1.82, 2.24) is 0 Å². The number of ether oxygens (including phenoxy) is 2. The van der Waals surface area contributed by atoms with Gasteiger partial charge in [0.15, 0.2) is 0 Å². The monoisotopic (exact) mass is 236 g/mol. The molecule has 1 heterocycles. The van der Waals surface area contributed by atoms with E-state index < -0.39 is 0 Å². The maximum Gasteiger partial charge on any atom is 0.0826 e. The Morgan fingerprint density at radius 1 is 1.42 bits per heavy atom. The van der Waals surface area contributed by atoms with Crippen molar-refractivity contribution in [3.63, 3.8) is 0 Å². The molecule has 2 nitrogen and oxygen atoms in total. The van der Waals surface area contributed by atoms with Crippen molar-refractivity contribution >= 4 is 15.9 Å². The SMILES string of the molecule is CC(C)OC1(CBr)CCOCC1. The van der Waals surface area contributed by atoms with E-state index in [4.69, 9.17) is 9.47 Å². The summed E-state index contributed by atoms with van der Waals surface area (Å²) >= 11 is 3.52. The van der Waals surface area contributed by atoms with Crippen molar-refractivity contribution in [2.75, 3.05) is 18.5 Å². The summed E-state index contributed by atoms with van der Waals surface area (Å²) in [7, 11) is 0. The molecule has 72 valence electrons. The van der Waals surface area contributed by atoms with E-state index in [9.17, 15) is 0 Å². The van der Waals surface area contributed by atoms with Gasteiger partial charge >= 0.3 is 0 Å². The molecule has 0 unspecified atom stereocenters. The van der Waals surface area contributed by atoms with E-state index in [-0.39, 0.29) is 5.60 Å².